The molecule has 0 atom stereocenters. The van der Waals surface area contributed by atoms with E-state index in [-0.39, 0.29) is 10.8 Å². The molecule has 14 heavy (non-hydrogen) atoms. The van der Waals surface area contributed by atoms with Crippen LogP contribution in [0, 0.1) is 0 Å². The van der Waals surface area contributed by atoms with E-state index >= 15 is 0 Å². The number of carbonyl (C=O) groups excluding carboxylic acids is 1. The molecule has 0 radical (unpaired) electrons. The van der Waals surface area contributed by atoms with E-state index in [4.69, 9.17) is 10.7 Å². The minimum atomic E-state index is -3.80. The monoisotopic (exact) mass is 255 g/mol. The van der Waals surface area contributed by atoms with Gasteiger partial charge in [0.05, 0.1) is 19.2 Å². The second kappa shape index (κ2) is 4.24. The smallest absolute Gasteiger partial charge is 0.311 e. The highest BCUT2D eigenvalue weighted by Crippen LogP contribution is 2.19. The molecule has 1 aromatic rings. The lowest BCUT2D eigenvalue weighted by molar-refractivity contribution is -0.139. The summed E-state index contributed by atoms with van der Waals surface area (Å²) in [6, 6.07) is 0. The van der Waals surface area contributed by atoms with E-state index in [1.54, 1.807) is 0 Å². The summed E-state index contributed by atoms with van der Waals surface area (Å²) in [5.74, 6) is -0.478. The molecule has 1 aromatic heterocycles. The fourth-order valence-corrected chi connectivity index (χ4v) is 2.51. The lowest BCUT2D eigenvalue weighted by atomic mass is 10.3. The summed E-state index contributed by atoms with van der Waals surface area (Å²) in [7, 11) is 2.49. The van der Waals surface area contributed by atoms with Crippen LogP contribution in [0.4, 0.5) is 0 Å². The maximum atomic E-state index is 10.8. The van der Waals surface area contributed by atoms with Gasteiger partial charge in [0.15, 0.2) is 0 Å². The summed E-state index contributed by atoms with van der Waals surface area (Å²) < 4.78 is 25.8. The number of methoxy groups -OCH3 is 1. The molecule has 1 heterocycles. The first-order valence-corrected chi connectivity index (χ1v) is 6.58. The van der Waals surface area contributed by atoms with Crippen LogP contribution < -0.4 is 0 Å². The van der Waals surface area contributed by atoms with Crippen LogP contribution in [-0.2, 0) is 25.0 Å². The highest BCUT2D eigenvalue weighted by atomic mass is 35.7. The number of hydrogen-bond donors (Lipinski definition) is 0. The first-order chi connectivity index (χ1) is 6.43. The minimum Gasteiger partial charge on any atom is -0.469 e. The number of nitrogens with zero attached hydrogens (tertiary/aromatic N) is 1. The fourth-order valence-electron chi connectivity index (χ4n) is 0.702. The van der Waals surface area contributed by atoms with E-state index in [1.165, 1.54) is 12.5 Å². The van der Waals surface area contributed by atoms with Gasteiger partial charge in [-0.05, 0) is 0 Å². The van der Waals surface area contributed by atoms with Crippen LogP contribution in [0.2, 0.25) is 0 Å². The van der Waals surface area contributed by atoms with Gasteiger partial charge in [-0.25, -0.2) is 13.4 Å². The van der Waals surface area contributed by atoms with Gasteiger partial charge in [0.1, 0.15) is 0 Å². The Morgan fingerprint density at radius 2 is 2.36 bits per heavy atom. The second-order valence-electron chi connectivity index (χ2n) is 2.30. The van der Waals surface area contributed by atoms with Crippen molar-refractivity contribution in [3.05, 3.63) is 11.1 Å². The van der Waals surface area contributed by atoms with E-state index < -0.39 is 15.0 Å². The average Bonchev–Trinajstić information content (AvgIpc) is 2.51. The van der Waals surface area contributed by atoms with Gasteiger partial charge in [-0.3, -0.25) is 4.79 Å². The Kier molecular flexibility index (Phi) is 3.46. The van der Waals surface area contributed by atoms with Crippen LogP contribution >= 0.6 is 22.0 Å². The van der Waals surface area contributed by atoms with Crippen molar-refractivity contribution in [3.63, 3.8) is 0 Å². The van der Waals surface area contributed by atoms with E-state index in [9.17, 15) is 13.2 Å². The maximum Gasteiger partial charge on any atom is 0.311 e. The Bertz CT molecular complexity index is 438. The van der Waals surface area contributed by atoms with Gasteiger partial charge in [0.2, 0.25) is 4.34 Å². The summed E-state index contributed by atoms with van der Waals surface area (Å²) >= 11 is 0.870. The third kappa shape index (κ3) is 2.93. The molecular formula is C6H6ClNO4S2. The van der Waals surface area contributed by atoms with Crippen molar-refractivity contribution in [1.29, 1.82) is 0 Å². The van der Waals surface area contributed by atoms with Crippen LogP contribution in [0.25, 0.3) is 0 Å². The molecule has 0 aromatic carbocycles. The Balaban J connectivity index is 2.84. The van der Waals surface area contributed by atoms with Crippen molar-refractivity contribution >= 4 is 37.0 Å². The SMILES string of the molecule is COC(=O)Cc1csc(S(=O)(=O)Cl)n1. The van der Waals surface area contributed by atoms with E-state index in [0.29, 0.717) is 5.69 Å². The van der Waals surface area contributed by atoms with Crippen molar-refractivity contribution in [2.24, 2.45) is 0 Å². The van der Waals surface area contributed by atoms with Gasteiger partial charge in [-0.1, -0.05) is 0 Å². The number of halogens is 1. The standard InChI is InChI=1S/C6H6ClNO4S2/c1-12-5(9)2-4-3-13-6(8-4)14(7,10)11/h3H,2H2,1H3. The van der Waals surface area contributed by atoms with Crippen molar-refractivity contribution in [3.8, 4) is 0 Å². The second-order valence-corrected chi connectivity index (χ2v) is 5.89. The van der Waals surface area contributed by atoms with Gasteiger partial charge in [-0.2, -0.15) is 0 Å². The first-order valence-electron chi connectivity index (χ1n) is 3.39. The molecular weight excluding hydrogens is 250 g/mol. The predicted molar refractivity (Wildman–Crippen MR) is 50.9 cm³/mol. The van der Waals surface area contributed by atoms with Gasteiger partial charge in [0, 0.05) is 16.1 Å². The molecule has 0 aliphatic carbocycles. The Labute approximate surface area is 89.1 Å². The molecule has 0 spiro atoms. The molecule has 8 heteroatoms. The molecule has 0 unspecified atom stereocenters. The quantitative estimate of drug-likeness (QED) is 0.590. The Hall–Kier alpha value is -0.660. The molecule has 1 rings (SSSR count). The zero-order chi connectivity index (χ0) is 10.8. The molecule has 78 valence electrons. The fraction of sp³-hybridized carbons (Fsp3) is 0.333. The van der Waals surface area contributed by atoms with Crippen molar-refractivity contribution in [2.75, 3.05) is 7.11 Å². The van der Waals surface area contributed by atoms with Crippen molar-refractivity contribution in [2.45, 2.75) is 10.8 Å². The number of aromatic nitrogens is 1. The number of esters is 1. The number of ether oxygens (including phenoxy) is 1. The lowest BCUT2D eigenvalue weighted by Gasteiger charge is -1.93. The molecule has 0 saturated carbocycles. The number of thiazole rings is 1. The average molecular weight is 256 g/mol. The molecule has 0 saturated heterocycles. The maximum absolute atomic E-state index is 10.8. The zero-order valence-electron chi connectivity index (χ0n) is 7.06. The molecule has 0 amide bonds. The molecule has 0 aliphatic rings. The predicted octanol–water partition coefficient (Wildman–Crippen LogP) is 0.786. The van der Waals surface area contributed by atoms with Gasteiger partial charge in [0.25, 0.3) is 9.05 Å². The summed E-state index contributed by atoms with van der Waals surface area (Å²) in [6.45, 7) is 0. The topological polar surface area (TPSA) is 73.3 Å². The third-order valence-electron chi connectivity index (χ3n) is 1.29. The Morgan fingerprint density at radius 3 is 2.79 bits per heavy atom. The van der Waals surface area contributed by atoms with Crippen LogP contribution in [0.3, 0.4) is 0 Å². The van der Waals surface area contributed by atoms with Gasteiger partial charge >= 0.3 is 5.97 Å². The number of hydrogen-bond acceptors (Lipinski definition) is 6. The lowest BCUT2D eigenvalue weighted by Crippen LogP contribution is -2.04. The summed E-state index contributed by atoms with van der Waals surface area (Å²) in [5.41, 5.74) is 0.334. The van der Waals surface area contributed by atoms with Crippen LogP contribution in [-0.4, -0.2) is 26.5 Å². The summed E-state index contributed by atoms with van der Waals surface area (Å²) in [6.07, 6.45) is -0.0561. The van der Waals surface area contributed by atoms with E-state index in [2.05, 4.69) is 9.72 Å². The van der Waals surface area contributed by atoms with Crippen LogP contribution in [0.5, 0.6) is 0 Å². The largest absolute Gasteiger partial charge is 0.469 e. The van der Waals surface area contributed by atoms with Gasteiger partial charge in [-0.15, -0.1) is 11.3 Å². The summed E-state index contributed by atoms with van der Waals surface area (Å²) in [5, 5.41) is 1.45. The summed E-state index contributed by atoms with van der Waals surface area (Å²) in [4.78, 5) is 14.5. The van der Waals surface area contributed by atoms with Crippen LogP contribution in [0.15, 0.2) is 9.72 Å². The molecule has 0 N–H and O–H groups in total. The normalized spacial score (nSPS) is 11.3. The number of carbonyl (C=O) groups is 1. The van der Waals surface area contributed by atoms with E-state index in [0.717, 1.165) is 11.3 Å². The van der Waals surface area contributed by atoms with Gasteiger partial charge < -0.3 is 4.74 Å². The minimum absolute atomic E-state index is 0.0561. The third-order valence-corrected chi connectivity index (χ3v) is 4.14. The highest BCUT2D eigenvalue weighted by Gasteiger charge is 2.16. The molecule has 0 fully saturated rings. The van der Waals surface area contributed by atoms with E-state index in [1.807, 2.05) is 0 Å². The van der Waals surface area contributed by atoms with Crippen LogP contribution in [0.1, 0.15) is 5.69 Å². The highest BCUT2D eigenvalue weighted by molar-refractivity contribution is 8.14. The van der Waals surface area contributed by atoms with Crippen molar-refractivity contribution < 1.29 is 17.9 Å². The molecule has 0 bridgehead atoms. The Morgan fingerprint density at radius 1 is 1.71 bits per heavy atom. The van der Waals surface area contributed by atoms with Crippen molar-refractivity contribution in [1.82, 2.24) is 4.98 Å². The molecule has 0 aliphatic heterocycles. The zero-order valence-corrected chi connectivity index (χ0v) is 9.45. The molecule has 5 nitrogen and oxygen atoms in total. The first kappa shape index (κ1) is 11.4. The number of rotatable bonds is 3.